The predicted octanol–water partition coefficient (Wildman–Crippen LogP) is 3.37. The molecular formula is C17H24O2. The van der Waals surface area contributed by atoms with Crippen LogP contribution in [0, 0.1) is 5.92 Å². The van der Waals surface area contributed by atoms with E-state index >= 15 is 0 Å². The van der Waals surface area contributed by atoms with Crippen molar-refractivity contribution >= 4 is 0 Å². The highest BCUT2D eigenvalue weighted by Crippen LogP contribution is 2.47. The first-order valence-electron chi connectivity index (χ1n) is 7.46. The van der Waals surface area contributed by atoms with E-state index in [1.165, 1.54) is 37.7 Å². The van der Waals surface area contributed by atoms with E-state index in [9.17, 15) is 5.11 Å². The fraction of sp³-hybridized carbons (Fsp3) is 0.647. The van der Waals surface area contributed by atoms with Gasteiger partial charge in [-0.2, -0.15) is 0 Å². The summed E-state index contributed by atoms with van der Waals surface area (Å²) in [6.45, 7) is 2.18. The highest BCUT2D eigenvalue weighted by atomic mass is 16.5. The number of aliphatic hydroxyl groups is 1. The third kappa shape index (κ3) is 2.32. The molecule has 19 heavy (non-hydrogen) atoms. The second-order valence-corrected chi connectivity index (χ2v) is 6.48. The number of ether oxygens (including phenoxy) is 1. The molecule has 1 aromatic rings. The molecule has 2 aliphatic carbocycles. The third-order valence-corrected chi connectivity index (χ3v) is 4.98. The quantitative estimate of drug-likeness (QED) is 0.903. The maximum Gasteiger partial charge on any atom is 0.110 e. The van der Waals surface area contributed by atoms with Crippen molar-refractivity contribution < 1.29 is 9.84 Å². The Balaban J connectivity index is 1.90. The van der Waals surface area contributed by atoms with Gasteiger partial charge in [-0.3, -0.25) is 0 Å². The van der Waals surface area contributed by atoms with Gasteiger partial charge in [0.25, 0.3) is 0 Å². The summed E-state index contributed by atoms with van der Waals surface area (Å²) >= 11 is 0. The van der Waals surface area contributed by atoms with E-state index in [-0.39, 0.29) is 0 Å². The lowest BCUT2D eigenvalue weighted by molar-refractivity contribution is -0.0208. The van der Waals surface area contributed by atoms with Crippen LogP contribution in [-0.4, -0.2) is 18.8 Å². The SMILES string of the molecule is COC[C@](C)(O)c1ccc2c(c1)C[C@@H]1CCCC[C@@H]21. The van der Waals surface area contributed by atoms with Gasteiger partial charge < -0.3 is 9.84 Å². The van der Waals surface area contributed by atoms with Gasteiger partial charge in [0.2, 0.25) is 0 Å². The maximum absolute atomic E-state index is 10.5. The van der Waals surface area contributed by atoms with Gasteiger partial charge in [-0.15, -0.1) is 0 Å². The normalized spacial score (nSPS) is 28.6. The molecular weight excluding hydrogens is 236 g/mol. The Bertz CT molecular complexity index is 464. The molecule has 0 bridgehead atoms. The largest absolute Gasteiger partial charge is 0.383 e. The molecule has 0 spiro atoms. The van der Waals surface area contributed by atoms with Gasteiger partial charge in [0.05, 0.1) is 6.61 Å². The Morgan fingerprint density at radius 1 is 1.32 bits per heavy atom. The molecule has 0 aromatic heterocycles. The van der Waals surface area contributed by atoms with Crippen molar-refractivity contribution in [2.45, 2.75) is 50.5 Å². The van der Waals surface area contributed by atoms with E-state index in [2.05, 4.69) is 18.2 Å². The van der Waals surface area contributed by atoms with Gasteiger partial charge in [0.1, 0.15) is 5.60 Å². The monoisotopic (exact) mass is 260 g/mol. The first-order chi connectivity index (χ1) is 9.12. The van der Waals surface area contributed by atoms with Gasteiger partial charge in [0, 0.05) is 7.11 Å². The zero-order chi connectivity index (χ0) is 13.5. The Labute approximate surface area is 115 Å². The minimum Gasteiger partial charge on any atom is -0.383 e. The summed E-state index contributed by atoms with van der Waals surface area (Å²) in [6, 6.07) is 6.56. The van der Waals surface area contributed by atoms with Crippen molar-refractivity contribution in [3.8, 4) is 0 Å². The van der Waals surface area contributed by atoms with Gasteiger partial charge in [0.15, 0.2) is 0 Å². The van der Waals surface area contributed by atoms with Crippen LogP contribution in [0.2, 0.25) is 0 Å². The fourth-order valence-electron chi connectivity index (χ4n) is 3.99. The fourth-order valence-corrected chi connectivity index (χ4v) is 3.99. The molecule has 104 valence electrons. The minimum absolute atomic E-state index is 0.346. The van der Waals surface area contributed by atoms with Crippen LogP contribution in [0.15, 0.2) is 18.2 Å². The van der Waals surface area contributed by atoms with Crippen LogP contribution in [0.5, 0.6) is 0 Å². The molecule has 1 fully saturated rings. The molecule has 3 rings (SSSR count). The number of rotatable bonds is 3. The molecule has 0 radical (unpaired) electrons. The van der Waals surface area contributed by atoms with Crippen molar-refractivity contribution in [3.63, 3.8) is 0 Å². The van der Waals surface area contributed by atoms with E-state index in [0.29, 0.717) is 6.61 Å². The molecule has 0 heterocycles. The summed E-state index contributed by atoms with van der Waals surface area (Å²) in [6.07, 6.45) is 6.71. The highest BCUT2D eigenvalue weighted by Gasteiger charge is 2.35. The Hall–Kier alpha value is -0.860. The zero-order valence-electron chi connectivity index (χ0n) is 12.0. The molecule has 0 aliphatic heterocycles. The third-order valence-electron chi connectivity index (χ3n) is 4.98. The summed E-state index contributed by atoms with van der Waals surface area (Å²) < 4.78 is 5.12. The Morgan fingerprint density at radius 2 is 2.11 bits per heavy atom. The molecule has 1 saturated carbocycles. The van der Waals surface area contributed by atoms with E-state index in [4.69, 9.17) is 4.74 Å². The summed E-state index contributed by atoms with van der Waals surface area (Å²) in [5, 5.41) is 10.5. The van der Waals surface area contributed by atoms with Crippen LogP contribution >= 0.6 is 0 Å². The first-order valence-corrected chi connectivity index (χ1v) is 7.46. The molecule has 1 N–H and O–H groups in total. The Morgan fingerprint density at radius 3 is 2.89 bits per heavy atom. The lowest BCUT2D eigenvalue weighted by atomic mass is 9.80. The highest BCUT2D eigenvalue weighted by molar-refractivity contribution is 5.41. The average Bonchev–Trinajstić information content (AvgIpc) is 2.76. The molecule has 1 aromatic carbocycles. The van der Waals surface area contributed by atoms with Crippen LogP contribution < -0.4 is 0 Å². The van der Waals surface area contributed by atoms with Crippen molar-refractivity contribution in [3.05, 3.63) is 34.9 Å². The van der Waals surface area contributed by atoms with Crippen LogP contribution in [0.3, 0.4) is 0 Å². The standard InChI is InChI=1S/C17H24O2/c1-17(18,11-19-2)14-7-8-16-13(10-14)9-12-5-3-4-6-15(12)16/h7-8,10,12,15,18H,3-6,9,11H2,1-2H3/t12-,15+,17-/m0/s1. The summed E-state index contributed by atoms with van der Waals surface area (Å²) in [7, 11) is 1.64. The second-order valence-electron chi connectivity index (χ2n) is 6.48. The van der Waals surface area contributed by atoms with E-state index in [1.54, 1.807) is 12.7 Å². The summed E-state index contributed by atoms with van der Waals surface area (Å²) in [5.74, 6) is 1.64. The van der Waals surface area contributed by atoms with Crippen LogP contribution in [0.1, 0.15) is 55.2 Å². The maximum atomic E-state index is 10.5. The van der Waals surface area contributed by atoms with E-state index in [0.717, 1.165) is 17.4 Å². The van der Waals surface area contributed by atoms with Crippen LogP contribution in [0.25, 0.3) is 0 Å². The zero-order valence-corrected chi connectivity index (χ0v) is 12.0. The smallest absolute Gasteiger partial charge is 0.110 e. The molecule has 3 atom stereocenters. The van der Waals surface area contributed by atoms with Crippen LogP contribution in [-0.2, 0) is 16.8 Å². The van der Waals surface area contributed by atoms with Crippen molar-refractivity contribution in [1.82, 2.24) is 0 Å². The predicted molar refractivity (Wildman–Crippen MR) is 76.3 cm³/mol. The average molecular weight is 260 g/mol. The van der Waals surface area contributed by atoms with E-state index < -0.39 is 5.60 Å². The topological polar surface area (TPSA) is 29.5 Å². The van der Waals surface area contributed by atoms with Gasteiger partial charge in [-0.05, 0) is 54.7 Å². The number of methoxy groups -OCH3 is 1. The van der Waals surface area contributed by atoms with Gasteiger partial charge in [-0.25, -0.2) is 0 Å². The van der Waals surface area contributed by atoms with Crippen molar-refractivity contribution in [2.75, 3.05) is 13.7 Å². The molecule has 0 amide bonds. The molecule has 2 aliphatic rings. The summed E-state index contributed by atoms with van der Waals surface area (Å²) in [4.78, 5) is 0. The first kappa shape index (κ1) is 13.1. The van der Waals surface area contributed by atoms with Gasteiger partial charge >= 0.3 is 0 Å². The lowest BCUT2D eigenvalue weighted by Crippen LogP contribution is -2.27. The van der Waals surface area contributed by atoms with Crippen LogP contribution in [0.4, 0.5) is 0 Å². The molecule has 2 nitrogen and oxygen atoms in total. The summed E-state index contributed by atoms with van der Waals surface area (Å²) in [5.41, 5.74) is 3.12. The molecule has 0 saturated heterocycles. The second kappa shape index (κ2) is 4.92. The number of benzene rings is 1. The van der Waals surface area contributed by atoms with E-state index in [1.807, 2.05) is 6.92 Å². The number of fused-ring (bicyclic) bond motifs is 3. The Kier molecular flexibility index (Phi) is 3.40. The minimum atomic E-state index is -0.877. The van der Waals surface area contributed by atoms with Gasteiger partial charge in [-0.1, -0.05) is 31.0 Å². The van der Waals surface area contributed by atoms with Crippen molar-refractivity contribution in [2.24, 2.45) is 5.92 Å². The van der Waals surface area contributed by atoms with Crippen molar-refractivity contribution in [1.29, 1.82) is 0 Å². The lowest BCUT2D eigenvalue weighted by Gasteiger charge is -2.26. The molecule has 0 unspecified atom stereocenters. The number of hydrogen-bond donors (Lipinski definition) is 1. The number of hydrogen-bond acceptors (Lipinski definition) is 2. The molecule has 2 heteroatoms.